The van der Waals surface area contributed by atoms with Crippen molar-refractivity contribution in [1.29, 1.82) is 0 Å². The Balaban J connectivity index is 1.76. The van der Waals surface area contributed by atoms with Gasteiger partial charge in [-0.15, -0.1) is 0 Å². The van der Waals surface area contributed by atoms with Crippen LogP contribution in [0.4, 0.5) is 0 Å². The molecule has 1 fully saturated rings. The molecule has 2 nitrogen and oxygen atoms in total. The summed E-state index contributed by atoms with van der Waals surface area (Å²) >= 11 is 8.99. The van der Waals surface area contributed by atoms with Gasteiger partial charge in [0.25, 0.3) is 0 Å². The molecule has 0 aromatic carbocycles. The molecule has 0 saturated heterocycles. The van der Waals surface area contributed by atoms with E-state index >= 15 is 0 Å². The standard InChI is InChI=1S/C9H13ClN2S2/c10-9-11-8(12-14-9)6-13-7-4-2-1-3-5-7/h7H,1-6H2. The van der Waals surface area contributed by atoms with E-state index in [2.05, 4.69) is 9.36 Å². The monoisotopic (exact) mass is 248 g/mol. The average Bonchev–Trinajstić information content (AvgIpc) is 2.63. The predicted octanol–water partition coefficient (Wildman–Crippen LogP) is 3.76. The lowest BCUT2D eigenvalue weighted by atomic mass is 10.0. The zero-order valence-corrected chi connectivity index (χ0v) is 10.3. The van der Waals surface area contributed by atoms with Crippen LogP contribution >= 0.6 is 34.9 Å². The lowest BCUT2D eigenvalue weighted by Crippen LogP contribution is -2.08. The highest BCUT2D eigenvalue weighted by atomic mass is 35.5. The van der Waals surface area contributed by atoms with Crippen molar-refractivity contribution in [1.82, 2.24) is 9.36 Å². The maximum absolute atomic E-state index is 5.72. The van der Waals surface area contributed by atoms with Gasteiger partial charge in [0, 0.05) is 5.25 Å². The van der Waals surface area contributed by atoms with Crippen LogP contribution < -0.4 is 0 Å². The highest BCUT2D eigenvalue weighted by Crippen LogP contribution is 2.30. The van der Waals surface area contributed by atoms with Crippen LogP contribution in [0.15, 0.2) is 0 Å². The van der Waals surface area contributed by atoms with Gasteiger partial charge in [0.2, 0.25) is 4.47 Å². The third-order valence-corrected chi connectivity index (χ3v) is 4.65. The number of aromatic nitrogens is 2. The molecule has 1 aliphatic carbocycles. The molecule has 1 heterocycles. The molecule has 5 heteroatoms. The summed E-state index contributed by atoms with van der Waals surface area (Å²) < 4.78 is 4.74. The van der Waals surface area contributed by atoms with Crippen molar-refractivity contribution in [2.24, 2.45) is 0 Å². The average molecular weight is 249 g/mol. The van der Waals surface area contributed by atoms with E-state index in [4.69, 9.17) is 11.6 Å². The quantitative estimate of drug-likeness (QED) is 0.815. The van der Waals surface area contributed by atoms with Gasteiger partial charge in [0.15, 0.2) is 5.82 Å². The van der Waals surface area contributed by atoms with Gasteiger partial charge in [-0.1, -0.05) is 19.3 Å². The second-order valence-corrected chi connectivity index (χ2v) is 6.16. The van der Waals surface area contributed by atoms with Crippen LogP contribution in [0.1, 0.15) is 37.9 Å². The summed E-state index contributed by atoms with van der Waals surface area (Å²) in [5.74, 6) is 1.82. The van der Waals surface area contributed by atoms with Gasteiger partial charge in [0.1, 0.15) is 0 Å². The topological polar surface area (TPSA) is 25.8 Å². The van der Waals surface area contributed by atoms with E-state index in [1.54, 1.807) is 0 Å². The SMILES string of the molecule is Clc1nc(CSC2CCCCC2)ns1. The van der Waals surface area contributed by atoms with Gasteiger partial charge in [-0.3, -0.25) is 0 Å². The Labute approximate surface area is 97.6 Å². The summed E-state index contributed by atoms with van der Waals surface area (Å²) in [5, 5.41) is 0.825. The molecule has 0 N–H and O–H groups in total. The third kappa shape index (κ3) is 3.11. The molecular formula is C9H13ClN2S2. The molecule has 14 heavy (non-hydrogen) atoms. The second kappa shape index (κ2) is 5.33. The van der Waals surface area contributed by atoms with Crippen molar-refractivity contribution in [3.05, 3.63) is 10.3 Å². The largest absolute Gasteiger partial charge is 0.207 e. The Kier molecular flexibility index (Phi) is 4.08. The molecule has 78 valence electrons. The van der Waals surface area contributed by atoms with Crippen molar-refractivity contribution >= 4 is 34.9 Å². The number of hydrogen-bond donors (Lipinski definition) is 0. The Morgan fingerprint density at radius 3 is 2.79 bits per heavy atom. The van der Waals surface area contributed by atoms with Gasteiger partial charge in [-0.2, -0.15) is 16.1 Å². The summed E-state index contributed by atoms with van der Waals surface area (Å²) in [6, 6.07) is 0. The Morgan fingerprint density at radius 2 is 2.14 bits per heavy atom. The van der Waals surface area contributed by atoms with Crippen LogP contribution in [0.2, 0.25) is 4.47 Å². The molecule has 0 unspecified atom stereocenters. The van der Waals surface area contributed by atoms with E-state index < -0.39 is 0 Å². The highest BCUT2D eigenvalue weighted by Gasteiger charge is 2.14. The first kappa shape index (κ1) is 10.7. The first-order valence-corrected chi connectivity index (χ1v) is 7.14. The maximum Gasteiger partial charge on any atom is 0.203 e. The predicted molar refractivity (Wildman–Crippen MR) is 63.1 cm³/mol. The van der Waals surface area contributed by atoms with Gasteiger partial charge >= 0.3 is 0 Å². The minimum atomic E-state index is 0.559. The number of hydrogen-bond acceptors (Lipinski definition) is 4. The molecule has 0 amide bonds. The Morgan fingerprint density at radius 1 is 1.36 bits per heavy atom. The van der Waals surface area contributed by atoms with Crippen LogP contribution in [0.5, 0.6) is 0 Å². The Hall–Kier alpha value is 0.200. The van der Waals surface area contributed by atoms with Crippen molar-refractivity contribution in [2.45, 2.75) is 43.1 Å². The Bertz CT molecular complexity index is 284. The van der Waals surface area contributed by atoms with Crippen LogP contribution in [0, 0.1) is 0 Å². The summed E-state index contributed by atoms with van der Waals surface area (Å²) in [6.45, 7) is 0. The number of rotatable bonds is 3. The minimum Gasteiger partial charge on any atom is -0.207 e. The van der Waals surface area contributed by atoms with Gasteiger partial charge in [-0.25, -0.2) is 4.98 Å². The fourth-order valence-electron chi connectivity index (χ4n) is 1.72. The lowest BCUT2D eigenvalue weighted by Gasteiger charge is -2.20. The van der Waals surface area contributed by atoms with E-state index in [0.717, 1.165) is 16.8 Å². The summed E-state index contributed by atoms with van der Waals surface area (Å²) in [5.41, 5.74) is 0. The molecule has 0 atom stereocenters. The minimum absolute atomic E-state index is 0.559. The molecule has 1 aromatic heterocycles. The summed E-state index contributed by atoms with van der Waals surface area (Å²) in [4.78, 5) is 4.15. The highest BCUT2D eigenvalue weighted by molar-refractivity contribution is 7.99. The molecule has 0 bridgehead atoms. The van der Waals surface area contributed by atoms with E-state index in [9.17, 15) is 0 Å². The zero-order valence-electron chi connectivity index (χ0n) is 7.91. The first-order valence-electron chi connectivity index (χ1n) is 4.94. The number of nitrogens with zero attached hydrogens (tertiary/aromatic N) is 2. The van der Waals surface area contributed by atoms with Crippen molar-refractivity contribution in [3.8, 4) is 0 Å². The summed E-state index contributed by atoms with van der Waals surface area (Å²) in [6.07, 6.45) is 6.93. The molecule has 1 aliphatic rings. The molecule has 0 spiro atoms. The van der Waals surface area contributed by atoms with E-state index in [0.29, 0.717) is 4.47 Å². The molecular weight excluding hydrogens is 236 g/mol. The van der Waals surface area contributed by atoms with E-state index in [-0.39, 0.29) is 0 Å². The normalized spacial score (nSPS) is 18.6. The number of thioether (sulfide) groups is 1. The lowest BCUT2D eigenvalue weighted by molar-refractivity contribution is 0.516. The fourth-order valence-corrected chi connectivity index (χ4v) is 3.61. The van der Waals surface area contributed by atoms with E-state index in [1.807, 2.05) is 11.8 Å². The maximum atomic E-state index is 5.72. The van der Waals surface area contributed by atoms with Crippen LogP contribution in [-0.2, 0) is 5.75 Å². The smallest absolute Gasteiger partial charge is 0.203 e. The van der Waals surface area contributed by atoms with Crippen LogP contribution in [0.3, 0.4) is 0 Å². The van der Waals surface area contributed by atoms with Gasteiger partial charge in [0.05, 0.1) is 5.75 Å². The first-order chi connectivity index (χ1) is 6.84. The summed E-state index contributed by atoms with van der Waals surface area (Å²) in [7, 11) is 0. The third-order valence-electron chi connectivity index (χ3n) is 2.44. The molecule has 0 radical (unpaired) electrons. The molecule has 1 aromatic rings. The molecule has 0 aliphatic heterocycles. The molecule has 1 saturated carbocycles. The fraction of sp³-hybridized carbons (Fsp3) is 0.778. The molecule has 2 rings (SSSR count). The van der Waals surface area contributed by atoms with E-state index in [1.165, 1.54) is 43.6 Å². The second-order valence-electron chi connectivity index (χ2n) is 3.53. The van der Waals surface area contributed by atoms with Gasteiger partial charge in [-0.05, 0) is 36.0 Å². The number of halogens is 1. The van der Waals surface area contributed by atoms with Crippen LogP contribution in [-0.4, -0.2) is 14.6 Å². The van der Waals surface area contributed by atoms with Crippen LogP contribution in [0.25, 0.3) is 0 Å². The van der Waals surface area contributed by atoms with Crippen molar-refractivity contribution in [2.75, 3.05) is 0 Å². The zero-order chi connectivity index (χ0) is 9.80. The van der Waals surface area contributed by atoms with Gasteiger partial charge < -0.3 is 0 Å². The van der Waals surface area contributed by atoms with Crippen molar-refractivity contribution < 1.29 is 0 Å². The van der Waals surface area contributed by atoms with Crippen molar-refractivity contribution in [3.63, 3.8) is 0 Å².